The van der Waals surface area contributed by atoms with Crippen molar-refractivity contribution in [2.24, 2.45) is 10.9 Å². The fourth-order valence-electron chi connectivity index (χ4n) is 3.43. The molecular formula is C21H21ClN2O4. The van der Waals surface area contributed by atoms with Gasteiger partial charge in [0.25, 0.3) is 0 Å². The number of ether oxygens (including phenoxy) is 2. The van der Waals surface area contributed by atoms with Crippen molar-refractivity contribution in [3.05, 3.63) is 65.2 Å². The molecule has 0 aliphatic carbocycles. The number of anilines is 1. The van der Waals surface area contributed by atoms with Crippen LogP contribution in [0.1, 0.15) is 25.3 Å². The van der Waals surface area contributed by atoms with Gasteiger partial charge in [-0.1, -0.05) is 41.9 Å². The van der Waals surface area contributed by atoms with E-state index in [-0.39, 0.29) is 11.8 Å². The van der Waals surface area contributed by atoms with E-state index in [9.17, 15) is 9.59 Å². The summed E-state index contributed by atoms with van der Waals surface area (Å²) in [5.74, 6) is -1.72. The van der Waals surface area contributed by atoms with Crippen LogP contribution in [-0.4, -0.2) is 30.6 Å². The number of hydrogen-bond donors (Lipinski definition) is 1. The summed E-state index contributed by atoms with van der Waals surface area (Å²) in [5.41, 5.74) is 0.662. The Morgan fingerprint density at radius 2 is 1.75 bits per heavy atom. The van der Waals surface area contributed by atoms with Crippen LogP contribution in [0.3, 0.4) is 0 Å². The highest BCUT2D eigenvalue weighted by atomic mass is 35.5. The van der Waals surface area contributed by atoms with E-state index in [0.717, 1.165) is 5.56 Å². The van der Waals surface area contributed by atoms with Crippen LogP contribution in [0.25, 0.3) is 0 Å². The van der Waals surface area contributed by atoms with Crippen molar-refractivity contribution >= 4 is 35.2 Å². The predicted molar refractivity (Wildman–Crippen MR) is 108 cm³/mol. The Kier molecular flexibility index (Phi) is 5.70. The summed E-state index contributed by atoms with van der Waals surface area (Å²) in [4.78, 5) is 29.0. The highest BCUT2D eigenvalue weighted by Gasteiger charge is 2.53. The minimum absolute atomic E-state index is 0.0326. The number of para-hydroxylation sites is 1. The summed E-state index contributed by atoms with van der Waals surface area (Å²) < 4.78 is 10.9. The first kappa shape index (κ1) is 19.9. The maximum Gasteiger partial charge on any atom is 0.348 e. The molecule has 2 unspecified atom stereocenters. The maximum absolute atomic E-state index is 12.6. The lowest BCUT2D eigenvalue weighted by molar-refractivity contribution is -0.143. The molecule has 2 amide bonds. The van der Waals surface area contributed by atoms with E-state index in [1.165, 1.54) is 7.11 Å². The Bertz CT molecular complexity index is 894. The van der Waals surface area contributed by atoms with Crippen LogP contribution in [0.2, 0.25) is 5.02 Å². The van der Waals surface area contributed by atoms with Gasteiger partial charge in [0.15, 0.2) is 0 Å². The number of hydrogen-bond acceptors (Lipinski definition) is 4. The maximum atomic E-state index is 12.6. The van der Waals surface area contributed by atoms with Gasteiger partial charge in [-0.15, -0.1) is 0 Å². The molecule has 3 rings (SSSR count). The summed E-state index contributed by atoms with van der Waals surface area (Å²) in [6, 6.07) is 15.5. The van der Waals surface area contributed by atoms with Gasteiger partial charge in [0, 0.05) is 16.6 Å². The molecule has 146 valence electrons. The van der Waals surface area contributed by atoms with E-state index in [2.05, 4.69) is 10.3 Å². The molecule has 2 aromatic rings. The van der Waals surface area contributed by atoms with Crippen molar-refractivity contribution in [2.75, 3.05) is 12.4 Å². The number of carbonyl (C=O) groups excluding carboxylic acids is 2. The normalized spacial score (nSPS) is 21.8. The van der Waals surface area contributed by atoms with E-state index in [1.54, 1.807) is 36.4 Å². The van der Waals surface area contributed by atoms with Crippen LogP contribution in [0.4, 0.5) is 10.5 Å². The number of rotatable bonds is 3. The van der Waals surface area contributed by atoms with Gasteiger partial charge in [0.2, 0.25) is 5.90 Å². The van der Waals surface area contributed by atoms with Crippen molar-refractivity contribution < 1.29 is 19.1 Å². The van der Waals surface area contributed by atoms with Gasteiger partial charge in [-0.25, -0.2) is 4.79 Å². The Balaban J connectivity index is 1.95. The summed E-state index contributed by atoms with van der Waals surface area (Å²) in [5, 5.41) is 3.25. The Morgan fingerprint density at radius 1 is 1.11 bits per heavy atom. The van der Waals surface area contributed by atoms with Crippen LogP contribution >= 0.6 is 11.6 Å². The number of carbonyl (C=O) groups is 2. The van der Waals surface area contributed by atoms with Crippen LogP contribution in [0.15, 0.2) is 59.6 Å². The first-order valence-electron chi connectivity index (χ1n) is 8.79. The van der Waals surface area contributed by atoms with Gasteiger partial charge in [0.1, 0.15) is 11.5 Å². The number of urea groups is 1. The molecule has 0 saturated carbocycles. The van der Waals surface area contributed by atoms with E-state index in [1.807, 2.05) is 32.0 Å². The third-order valence-corrected chi connectivity index (χ3v) is 4.89. The highest BCUT2D eigenvalue weighted by molar-refractivity contribution is 6.30. The number of halogens is 1. The lowest BCUT2D eigenvalue weighted by atomic mass is 9.78. The van der Waals surface area contributed by atoms with Gasteiger partial charge in [-0.05, 0) is 43.7 Å². The Hall–Kier alpha value is -2.86. The van der Waals surface area contributed by atoms with Crippen LogP contribution < -0.4 is 5.32 Å². The minimum Gasteiger partial charge on any atom is -0.473 e. The zero-order valence-corrected chi connectivity index (χ0v) is 16.6. The van der Waals surface area contributed by atoms with Crippen LogP contribution in [0, 0.1) is 5.92 Å². The van der Waals surface area contributed by atoms with E-state index in [4.69, 9.17) is 21.1 Å². The van der Waals surface area contributed by atoms with Crippen molar-refractivity contribution in [3.8, 4) is 0 Å². The van der Waals surface area contributed by atoms with Gasteiger partial charge in [-0.3, -0.25) is 4.79 Å². The average molecular weight is 401 g/mol. The minimum atomic E-state index is -0.845. The van der Waals surface area contributed by atoms with Crippen molar-refractivity contribution in [1.82, 2.24) is 0 Å². The molecule has 7 heteroatoms. The molecule has 1 N–H and O–H groups in total. The summed E-state index contributed by atoms with van der Waals surface area (Å²) in [6.07, 6.45) is 0. The molecule has 2 atom stereocenters. The van der Waals surface area contributed by atoms with E-state index in [0.29, 0.717) is 10.7 Å². The molecule has 6 nitrogen and oxygen atoms in total. The fraction of sp³-hybridized carbons (Fsp3) is 0.286. The molecule has 1 aliphatic rings. The summed E-state index contributed by atoms with van der Waals surface area (Å²) in [6.45, 7) is 3.69. The van der Waals surface area contributed by atoms with Crippen molar-refractivity contribution in [2.45, 2.75) is 25.4 Å². The molecule has 1 saturated heterocycles. The standard InChI is InChI=1S/C21H21ClN2O4/c1-21(2)17(13-9-11-14(22)12-10-13)16(19(25)27-3)18(28-21)24-20(26)23-15-7-5-4-6-8-15/h4-12,16-17H,1-3H3,(H,23,26). The largest absolute Gasteiger partial charge is 0.473 e. The monoisotopic (exact) mass is 400 g/mol. The molecule has 1 fully saturated rings. The number of nitrogens with zero attached hydrogens (tertiary/aromatic N) is 1. The number of nitrogens with one attached hydrogen (secondary N) is 1. The van der Waals surface area contributed by atoms with Gasteiger partial charge >= 0.3 is 12.0 Å². The summed E-state index contributed by atoms with van der Waals surface area (Å²) in [7, 11) is 1.30. The lowest BCUT2D eigenvalue weighted by Crippen LogP contribution is -2.31. The second-order valence-corrected chi connectivity index (χ2v) is 7.42. The molecule has 0 radical (unpaired) electrons. The van der Waals surface area contributed by atoms with Gasteiger partial charge in [0.05, 0.1) is 7.11 Å². The SMILES string of the molecule is COC(=O)C1C(=NC(=O)Nc2ccccc2)OC(C)(C)C1c1ccc(Cl)cc1. The molecular weight excluding hydrogens is 380 g/mol. The van der Waals surface area contributed by atoms with Gasteiger partial charge in [-0.2, -0.15) is 4.99 Å². The number of benzene rings is 2. The third-order valence-electron chi connectivity index (χ3n) is 4.64. The quantitative estimate of drug-likeness (QED) is 0.760. The fourth-order valence-corrected chi connectivity index (χ4v) is 3.56. The Labute approximate surface area is 168 Å². The highest BCUT2D eigenvalue weighted by Crippen LogP contribution is 2.45. The second kappa shape index (κ2) is 8.02. The zero-order valence-electron chi connectivity index (χ0n) is 15.8. The number of amides is 2. The Morgan fingerprint density at radius 3 is 2.36 bits per heavy atom. The molecule has 2 aromatic carbocycles. The van der Waals surface area contributed by atoms with Gasteiger partial charge < -0.3 is 14.8 Å². The molecule has 0 bridgehead atoms. The number of esters is 1. The molecule has 1 aliphatic heterocycles. The van der Waals surface area contributed by atoms with E-state index < -0.39 is 23.5 Å². The lowest BCUT2D eigenvalue weighted by Gasteiger charge is -2.27. The summed E-state index contributed by atoms with van der Waals surface area (Å²) >= 11 is 5.99. The smallest absolute Gasteiger partial charge is 0.348 e. The molecule has 28 heavy (non-hydrogen) atoms. The molecule has 1 heterocycles. The molecule has 0 spiro atoms. The first-order chi connectivity index (χ1) is 13.3. The number of methoxy groups -OCH3 is 1. The molecule has 0 aromatic heterocycles. The third kappa shape index (κ3) is 4.17. The van der Waals surface area contributed by atoms with Crippen LogP contribution in [0.5, 0.6) is 0 Å². The predicted octanol–water partition coefficient (Wildman–Crippen LogP) is 4.65. The second-order valence-electron chi connectivity index (χ2n) is 6.98. The van der Waals surface area contributed by atoms with Crippen molar-refractivity contribution in [3.63, 3.8) is 0 Å². The number of aliphatic imine (C=N–C) groups is 1. The topological polar surface area (TPSA) is 77.0 Å². The van der Waals surface area contributed by atoms with E-state index >= 15 is 0 Å². The van der Waals surface area contributed by atoms with Crippen molar-refractivity contribution in [1.29, 1.82) is 0 Å². The average Bonchev–Trinajstić information content (AvgIpc) is 2.92. The zero-order chi connectivity index (χ0) is 20.3. The first-order valence-corrected chi connectivity index (χ1v) is 9.16. The van der Waals surface area contributed by atoms with Crippen LogP contribution in [-0.2, 0) is 14.3 Å².